The molecule has 1 N–H and O–H groups in total. The lowest BCUT2D eigenvalue weighted by Gasteiger charge is -2.44. The fourth-order valence-electron chi connectivity index (χ4n) is 3.49. The maximum absolute atomic E-state index is 12.3. The third-order valence-corrected chi connectivity index (χ3v) is 5.00. The van der Waals surface area contributed by atoms with Gasteiger partial charge >= 0.3 is 0 Å². The number of nitriles is 1. The molecule has 2 fully saturated rings. The van der Waals surface area contributed by atoms with Gasteiger partial charge in [-0.2, -0.15) is 5.26 Å². The summed E-state index contributed by atoms with van der Waals surface area (Å²) in [4.78, 5) is 28.5. The van der Waals surface area contributed by atoms with Crippen molar-refractivity contribution in [1.29, 1.82) is 5.26 Å². The largest absolute Gasteiger partial charge is 0.383 e. The number of hydrogen-bond donors (Lipinski definition) is 1. The first kappa shape index (κ1) is 18.4. The molecule has 7 heteroatoms. The zero-order valence-corrected chi connectivity index (χ0v) is 15.0. The molecule has 1 unspecified atom stereocenters. The number of ether oxygens (including phenoxy) is 1. The van der Waals surface area contributed by atoms with Crippen LogP contribution < -0.4 is 5.32 Å². The Hall–Kier alpha value is -2.43. The Bertz CT molecular complexity index is 692. The van der Waals surface area contributed by atoms with Crippen molar-refractivity contribution >= 4 is 11.8 Å². The highest BCUT2D eigenvalue weighted by molar-refractivity contribution is 5.89. The molecule has 0 spiro atoms. The van der Waals surface area contributed by atoms with E-state index < -0.39 is 0 Å². The van der Waals surface area contributed by atoms with Crippen molar-refractivity contribution in [3.05, 3.63) is 35.4 Å². The highest BCUT2D eigenvalue weighted by Crippen LogP contribution is 2.26. The maximum atomic E-state index is 12.3. The molecule has 1 aromatic carbocycles. The molecule has 26 heavy (non-hydrogen) atoms. The van der Waals surface area contributed by atoms with E-state index in [2.05, 4.69) is 16.3 Å². The molecule has 7 nitrogen and oxygen atoms in total. The van der Waals surface area contributed by atoms with E-state index in [4.69, 9.17) is 10.00 Å². The Labute approximate surface area is 153 Å². The third kappa shape index (κ3) is 4.21. The minimum absolute atomic E-state index is 0.0633. The first-order valence-electron chi connectivity index (χ1n) is 8.88. The van der Waals surface area contributed by atoms with Gasteiger partial charge in [-0.15, -0.1) is 0 Å². The van der Waals surface area contributed by atoms with E-state index in [1.54, 1.807) is 7.11 Å². The molecular weight excluding hydrogens is 332 g/mol. The second-order valence-corrected chi connectivity index (χ2v) is 6.89. The maximum Gasteiger partial charge on any atom is 0.225 e. The summed E-state index contributed by atoms with van der Waals surface area (Å²) < 4.78 is 4.92. The van der Waals surface area contributed by atoms with Gasteiger partial charge in [-0.25, -0.2) is 0 Å². The molecule has 0 aliphatic carbocycles. The molecule has 0 aromatic heterocycles. The van der Waals surface area contributed by atoms with Crippen LogP contribution in [0.15, 0.2) is 24.3 Å². The smallest absolute Gasteiger partial charge is 0.225 e. The van der Waals surface area contributed by atoms with Crippen molar-refractivity contribution in [2.75, 3.05) is 39.9 Å². The number of nitrogens with zero attached hydrogens (tertiary/aromatic N) is 3. The van der Waals surface area contributed by atoms with Crippen LogP contribution in [0.25, 0.3) is 0 Å². The Kier molecular flexibility index (Phi) is 5.86. The van der Waals surface area contributed by atoms with Crippen LogP contribution in [-0.4, -0.2) is 67.6 Å². The lowest BCUT2D eigenvalue weighted by Crippen LogP contribution is -2.59. The summed E-state index contributed by atoms with van der Waals surface area (Å²) in [5.41, 5.74) is 1.82. The van der Waals surface area contributed by atoms with Crippen LogP contribution in [0.3, 0.4) is 0 Å². The Morgan fingerprint density at radius 2 is 2.04 bits per heavy atom. The molecule has 2 saturated heterocycles. The topological polar surface area (TPSA) is 85.7 Å². The molecule has 2 aliphatic heterocycles. The van der Waals surface area contributed by atoms with E-state index >= 15 is 0 Å². The second-order valence-electron chi connectivity index (χ2n) is 6.89. The van der Waals surface area contributed by atoms with Gasteiger partial charge in [-0.3, -0.25) is 14.5 Å². The standard InChI is InChI=1S/C19H24N4O3/c1-26-7-6-21-19(25)16-8-18(24)23(11-16)17-12-22(13-17)10-15-4-2-14(9-20)3-5-15/h2-5,16-17H,6-8,10-13H2,1H3,(H,21,25). The quantitative estimate of drug-likeness (QED) is 0.713. The van der Waals surface area contributed by atoms with E-state index in [-0.39, 0.29) is 23.8 Å². The van der Waals surface area contributed by atoms with Crippen molar-refractivity contribution in [3.8, 4) is 6.07 Å². The molecule has 138 valence electrons. The van der Waals surface area contributed by atoms with Gasteiger partial charge < -0.3 is 15.0 Å². The lowest BCUT2D eigenvalue weighted by atomic mass is 10.0. The van der Waals surface area contributed by atoms with Crippen molar-refractivity contribution in [2.24, 2.45) is 5.92 Å². The number of amides is 2. The van der Waals surface area contributed by atoms with Crippen molar-refractivity contribution < 1.29 is 14.3 Å². The average molecular weight is 356 g/mol. The predicted molar refractivity (Wildman–Crippen MR) is 94.9 cm³/mol. The lowest BCUT2D eigenvalue weighted by molar-refractivity contribution is -0.133. The first-order valence-corrected chi connectivity index (χ1v) is 8.88. The average Bonchev–Trinajstić information content (AvgIpc) is 3.00. The fourth-order valence-corrected chi connectivity index (χ4v) is 3.49. The molecule has 0 radical (unpaired) electrons. The second kappa shape index (κ2) is 8.30. The van der Waals surface area contributed by atoms with Crippen LogP contribution in [0.2, 0.25) is 0 Å². The SMILES string of the molecule is COCCNC(=O)C1CC(=O)N(C2CN(Cc3ccc(C#N)cc3)C2)C1. The fraction of sp³-hybridized carbons (Fsp3) is 0.526. The highest BCUT2D eigenvalue weighted by Gasteiger charge is 2.41. The summed E-state index contributed by atoms with van der Waals surface area (Å²) in [5, 5.41) is 11.7. The minimum atomic E-state index is -0.257. The van der Waals surface area contributed by atoms with Gasteiger partial charge in [0.25, 0.3) is 0 Å². The number of carbonyl (C=O) groups is 2. The molecule has 1 atom stereocenters. The number of methoxy groups -OCH3 is 1. The number of nitrogens with one attached hydrogen (secondary N) is 1. The summed E-state index contributed by atoms with van der Waals surface area (Å²) in [6.45, 7) is 3.91. The van der Waals surface area contributed by atoms with Crippen LogP contribution in [0.4, 0.5) is 0 Å². The van der Waals surface area contributed by atoms with E-state index in [0.717, 1.165) is 25.2 Å². The van der Waals surface area contributed by atoms with Crippen LogP contribution >= 0.6 is 0 Å². The van der Waals surface area contributed by atoms with Gasteiger partial charge in [0.1, 0.15) is 0 Å². The Morgan fingerprint density at radius 1 is 1.31 bits per heavy atom. The summed E-state index contributed by atoms with van der Waals surface area (Å²) in [5.74, 6) is -0.251. The van der Waals surface area contributed by atoms with Crippen LogP contribution in [-0.2, 0) is 20.9 Å². The van der Waals surface area contributed by atoms with E-state index in [1.807, 2.05) is 29.2 Å². The predicted octanol–water partition coefficient (Wildman–Crippen LogP) is 0.354. The van der Waals surface area contributed by atoms with Gasteiger partial charge in [-0.05, 0) is 17.7 Å². The molecule has 0 saturated carbocycles. The summed E-state index contributed by atoms with van der Waals surface area (Å²) in [7, 11) is 1.59. The molecule has 2 aliphatic rings. The van der Waals surface area contributed by atoms with Gasteiger partial charge in [0.15, 0.2) is 0 Å². The van der Waals surface area contributed by atoms with Gasteiger partial charge in [0, 0.05) is 46.3 Å². The first-order chi connectivity index (χ1) is 12.6. The molecule has 2 heterocycles. The van der Waals surface area contributed by atoms with E-state index in [1.165, 1.54) is 0 Å². The van der Waals surface area contributed by atoms with Crippen LogP contribution in [0.5, 0.6) is 0 Å². The van der Waals surface area contributed by atoms with Gasteiger partial charge in [0.05, 0.1) is 30.2 Å². The third-order valence-electron chi connectivity index (χ3n) is 5.00. The van der Waals surface area contributed by atoms with Gasteiger partial charge in [-0.1, -0.05) is 12.1 Å². The summed E-state index contributed by atoms with van der Waals surface area (Å²) >= 11 is 0. The normalized spacial score (nSPS) is 20.7. The monoisotopic (exact) mass is 356 g/mol. The molecular formula is C19H24N4O3. The zero-order chi connectivity index (χ0) is 18.5. The minimum Gasteiger partial charge on any atom is -0.383 e. The molecule has 3 rings (SSSR count). The zero-order valence-electron chi connectivity index (χ0n) is 15.0. The number of carbonyl (C=O) groups excluding carboxylic acids is 2. The molecule has 2 amide bonds. The highest BCUT2D eigenvalue weighted by atomic mass is 16.5. The number of rotatable bonds is 7. The van der Waals surface area contributed by atoms with Gasteiger partial charge in [0.2, 0.25) is 11.8 Å². The molecule has 1 aromatic rings. The Balaban J connectivity index is 1.44. The van der Waals surface area contributed by atoms with Crippen molar-refractivity contribution in [3.63, 3.8) is 0 Å². The summed E-state index contributed by atoms with van der Waals surface area (Å²) in [6.07, 6.45) is 0.297. The van der Waals surface area contributed by atoms with E-state index in [9.17, 15) is 9.59 Å². The van der Waals surface area contributed by atoms with Crippen LogP contribution in [0, 0.1) is 17.2 Å². The van der Waals surface area contributed by atoms with Crippen molar-refractivity contribution in [1.82, 2.24) is 15.1 Å². The van der Waals surface area contributed by atoms with Crippen molar-refractivity contribution in [2.45, 2.75) is 19.0 Å². The van der Waals surface area contributed by atoms with Crippen LogP contribution in [0.1, 0.15) is 17.5 Å². The number of benzene rings is 1. The number of likely N-dealkylation sites (tertiary alicyclic amines) is 2. The summed E-state index contributed by atoms with van der Waals surface area (Å²) in [6, 6.07) is 9.89. The number of hydrogen-bond acceptors (Lipinski definition) is 5. The van der Waals surface area contributed by atoms with E-state index in [0.29, 0.717) is 31.7 Å². The molecule has 0 bridgehead atoms. The Morgan fingerprint density at radius 3 is 2.69 bits per heavy atom.